The van der Waals surface area contributed by atoms with Crippen LogP contribution in [0.25, 0.3) is 0 Å². The first kappa shape index (κ1) is 89.5. The molecule has 2 aliphatic rings. The van der Waals surface area contributed by atoms with E-state index in [0.717, 1.165) is 48.0 Å². The quantitative estimate of drug-likeness (QED) is 0.0194. The van der Waals surface area contributed by atoms with Gasteiger partial charge in [-0.25, -0.2) is 26.1 Å². The van der Waals surface area contributed by atoms with Crippen molar-refractivity contribution in [2.24, 2.45) is 15.3 Å². The fourth-order valence-electron chi connectivity index (χ4n) is 9.27. The Bertz CT molecular complexity index is 4990. The van der Waals surface area contributed by atoms with Crippen LogP contribution in [0.1, 0.15) is 253 Å². The third kappa shape index (κ3) is 26.1. The average Bonchev–Trinajstić information content (AvgIpc) is 1.74. The van der Waals surface area contributed by atoms with Gasteiger partial charge in [0.15, 0.2) is 17.3 Å². The molecule has 11 rings (SSSR count). The van der Waals surface area contributed by atoms with Crippen molar-refractivity contribution in [2.75, 3.05) is 30.2 Å². The number of fused-ring (bicyclic) bond motifs is 2. The molecule has 0 fully saturated rings. The van der Waals surface area contributed by atoms with Gasteiger partial charge in [0.05, 0.1) is 93.7 Å². The molecule has 31 heteroatoms. The Hall–Kier alpha value is -9.37. The summed E-state index contributed by atoms with van der Waals surface area (Å²) in [4.78, 5) is 81.7. The normalized spacial score (nSPS) is 15.0. The number of ether oxygens (including phenoxy) is 1. The number of aliphatic hydroxyl groups is 1. The van der Waals surface area contributed by atoms with Crippen LogP contribution < -0.4 is 68.6 Å². The van der Waals surface area contributed by atoms with Gasteiger partial charge >= 0.3 is 0 Å². The van der Waals surface area contributed by atoms with Gasteiger partial charge in [-0.15, -0.1) is 0 Å². The Morgan fingerprint density at radius 3 is 1.32 bits per heavy atom. The Balaban J connectivity index is 0.000000354. The predicted octanol–water partition coefficient (Wildman–Crippen LogP) is 14.5. The van der Waals surface area contributed by atoms with Crippen LogP contribution in [-0.2, 0) is 46.0 Å². The zero-order valence-corrected chi connectivity index (χ0v) is 68.0. The number of hydrogen-bond acceptors (Lipinski definition) is 21. The minimum atomic E-state index is -1.50. The van der Waals surface area contributed by atoms with Gasteiger partial charge < -0.3 is 64.2 Å². The number of Topliss-reactive ketones (excluding diaryl/α,β-unsaturated/α-hetero) is 1. The Morgan fingerprint density at radius 2 is 0.955 bits per heavy atom. The van der Waals surface area contributed by atoms with E-state index in [9.17, 15) is 55.0 Å². The summed E-state index contributed by atoms with van der Waals surface area (Å²) in [5.74, 6) is 3.90. The van der Waals surface area contributed by atoms with Crippen molar-refractivity contribution in [3.63, 3.8) is 0 Å². The van der Waals surface area contributed by atoms with Gasteiger partial charge in [-0.2, -0.15) is 4.40 Å². The second kappa shape index (κ2) is 42.7. The number of hydrogen-bond donors (Lipinski definition) is 9. The van der Waals surface area contributed by atoms with Crippen LogP contribution in [0.2, 0.25) is 0 Å². The van der Waals surface area contributed by atoms with Gasteiger partial charge in [0.1, 0.15) is 91.5 Å². The second-order valence-electron chi connectivity index (χ2n) is 27.1. The molecule has 0 aliphatic carbocycles. The highest BCUT2D eigenvalue weighted by molar-refractivity contribution is 7.85. The number of anilines is 5. The molecule has 5 aromatic heterocycles. The molecule has 0 saturated carbocycles. The maximum absolute atomic E-state index is 14.4. The molecule has 0 bridgehead atoms. The largest absolute Gasteiger partial charge is 0.491 e. The van der Waals surface area contributed by atoms with Crippen LogP contribution in [0.4, 0.5) is 37.2 Å². The summed E-state index contributed by atoms with van der Waals surface area (Å²) in [6, 6.07) is 19.4. The second-order valence-corrected chi connectivity index (χ2v) is 32.8. The molecular formula is C79H109F2N9O17S3. The number of carbonyl (C=O) groups is 3. The molecule has 11 N–H and O–H groups in total. The lowest BCUT2D eigenvalue weighted by atomic mass is 10.1. The van der Waals surface area contributed by atoms with Crippen LogP contribution >= 0.6 is 0 Å². The van der Waals surface area contributed by atoms with Gasteiger partial charge in [0, 0.05) is 26.6 Å². The summed E-state index contributed by atoms with van der Waals surface area (Å²) in [5, 5.41) is 25.1. The van der Waals surface area contributed by atoms with Crippen molar-refractivity contribution in [1.29, 1.82) is 0 Å². The lowest BCUT2D eigenvalue weighted by Gasteiger charge is -2.22. The van der Waals surface area contributed by atoms with Gasteiger partial charge in [0.2, 0.25) is 0 Å². The highest BCUT2D eigenvalue weighted by Gasteiger charge is 2.32. The molecular weight excluding hydrogens is 1480 g/mol. The maximum Gasteiger partial charge on any atom is 0.272 e. The average molecular weight is 1590 g/mol. The van der Waals surface area contributed by atoms with Crippen molar-refractivity contribution in [3.05, 3.63) is 217 Å². The van der Waals surface area contributed by atoms with E-state index in [1.165, 1.54) is 31.4 Å². The number of ketones is 1. The van der Waals surface area contributed by atoms with E-state index >= 15 is 0 Å². The van der Waals surface area contributed by atoms with E-state index in [2.05, 4.69) is 35.7 Å². The minimum absolute atomic E-state index is 0. The first-order valence-corrected chi connectivity index (χ1v) is 38.2. The third-order valence-electron chi connectivity index (χ3n) is 15.6. The molecule has 604 valence electrons. The van der Waals surface area contributed by atoms with Gasteiger partial charge in [-0.05, 0) is 207 Å². The molecule has 2 aliphatic heterocycles. The third-order valence-corrected chi connectivity index (χ3v) is 19.8. The van der Waals surface area contributed by atoms with Crippen molar-refractivity contribution >= 4 is 84.7 Å². The maximum atomic E-state index is 14.4. The number of aliphatic hydroxyl groups excluding tert-OH is 1. The summed E-state index contributed by atoms with van der Waals surface area (Å²) in [5.41, 5.74) is 3.84. The number of furan rings is 5. The van der Waals surface area contributed by atoms with Gasteiger partial charge in [-0.3, -0.25) is 38.7 Å². The SMILES string of the molecule is C.CC(C)(C)[S@](N)=O.CCC(=N[S@](=O)C(C)(C)C)c1ccc(C)o1.CCC(=O)c1ccc(C)o1.CO.COc1c(Nc2c(F)ccc3c2C(=O)NC3)c(=O)c1=O.[2H][C@@](N)(CC)c1ccc(C)o1.[2H][C@](CC)(N[S@](=O)C(C)(C)C)c1ccc(C)o1.[2H][C@](CC)(Nc1c(Nc2c(F)ccc3c2C(=O)NC3)c(=O)c1=O)c1ccc(C)o1. The molecule has 0 saturated heterocycles. The van der Waals surface area contributed by atoms with Crippen LogP contribution in [0.5, 0.6) is 5.75 Å². The van der Waals surface area contributed by atoms with Crippen molar-refractivity contribution in [2.45, 2.75) is 216 Å². The van der Waals surface area contributed by atoms with E-state index in [0.29, 0.717) is 60.0 Å². The van der Waals surface area contributed by atoms with E-state index in [-0.39, 0.29) is 86.7 Å². The summed E-state index contributed by atoms with van der Waals surface area (Å²) in [7, 11) is -1.47. The number of nitrogens with zero attached hydrogens (tertiary/aromatic N) is 1. The summed E-state index contributed by atoms with van der Waals surface area (Å²) < 4.78 is 125. The number of halogens is 2. The minimum Gasteiger partial charge on any atom is -0.491 e. The van der Waals surface area contributed by atoms with Crippen LogP contribution in [-0.4, -0.2) is 69.5 Å². The number of methoxy groups -OCH3 is 1. The van der Waals surface area contributed by atoms with Crippen molar-refractivity contribution in [3.8, 4) is 5.75 Å². The highest BCUT2D eigenvalue weighted by Crippen LogP contribution is 2.35. The van der Waals surface area contributed by atoms with Crippen LogP contribution in [0.3, 0.4) is 0 Å². The number of aryl methyl sites for hydroxylation is 5. The topological polar surface area (TPSA) is 402 Å². The van der Waals surface area contributed by atoms with E-state index in [1.807, 2.05) is 142 Å². The predicted molar refractivity (Wildman–Crippen MR) is 432 cm³/mol. The number of nitrogens with two attached hydrogens (primary N) is 2. The Morgan fingerprint density at radius 1 is 0.555 bits per heavy atom. The molecule has 0 radical (unpaired) electrons. The lowest BCUT2D eigenvalue weighted by Crippen LogP contribution is -2.37. The summed E-state index contributed by atoms with van der Waals surface area (Å²) in [6.45, 7) is 35.8. The molecule has 2 amide bonds. The number of benzene rings is 2. The molecule has 0 unspecified atom stereocenters. The van der Waals surface area contributed by atoms with Gasteiger partial charge in [-0.1, -0.05) is 54.2 Å². The lowest BCUT2D eigenvalue weighted by molar-refractivity contribution is 0.0954. The monoisotopic (exact) mass is 1590 g/mol. The number of carbonyl (C=O) groups excluding carboxylic acids is 3. The standard InChI is InChI=1S/C20H18FN3O4.C13H9FN2O4.C12H21NO2S.C12H19NO2S.C8H13NO.C8H10O2.C4H11NOS.CH4O.CH4/c1-3-12(13-7-4-9(2)28-13)23-16-17(19(26)18(16)25)24-15-11(21)6-5-10-8-22-20(27)14(10)15;1-20-12-9(10(17)11(12)18)16-8-6(14)3-2-5-4-15-13(19)7(5)8;2*1-6-10(11-8-7-9(2)15-11)13-16(14)12(3,4)5;2*1-3-7(9)8-5-4-6(2)10-8;1-4(2,3)7(5)6;1-2;/h4-7,12,23-24H,3,8H2,1-2H3,(H,22,27);2-3,16H,4H2,1H3,(H,15,19);7-8,10,13H,6H2,1-5H3;7-8H,6H2,1-5H3;4-5,7H,3,9H2,1-2H3;4-5H,3H2,1-2H3;5H2,1-3H3;2H,1H3;1H4/t12-;;10-,16-;16-;7-;;7-;;/m1.111.1../s1/i12D;;10D;;7D;;;;. The summed E-state index contributed by atoms with van der Waals surface area (Å²) >= 11 is 0. The molecule has 6 atom stereocenters. The molecule has 4 aromatic carbocycles. The Labute approximate surface area is 653 Å². The molecule has 0 spiro atoms. The van der Waals surface area contributed by atoms with Crippen molar-refractivity contribution < 1.29 is 71.8 Å². The molecule has 26 nitrogen and oxygen atoms in total. The first-order chi connectivity index (χ1) is 52.1. The fourth-order valence-corrected chi connectivity index (χ4v) is 10.7. The van der Waals surface area contributed by atoms with E-state index < -0.39 is 101 Å². The zero-order chi connectivity index (χ0) is 85.1. The summed E-state index contributed by atoms with van der Waals surface area (Å²) in [6.07, 6.45) is 2.50. The fraction of sp³-hybridized carbons (Fsp3) is 0.443. The van der Waals surface area contributed by atoms with Crippen LogP contribution in [0.15, 0.2) is 131 Å². The number of amides is 2. The van der Waals surface area contributed by atoms with Crippen LogP contribution in [0, 0.1) is 46.3 Å². The zero-order valence-electron chi connectivity index (χ0n) is 68.6. The smallest absolute Gasteiger partial charge is 0.272 e. The molecule has 110 heavy (non-hydrogen) atoms. The molecule has 9 aromatic rings. The Kier molecular flexibility index (Phi) is 34.8. The van der Waals surface area contributed by atoms with E-state index in [4.69, 9.17) is 46.9 Å². The number of rotatable bonds is 20. The van der Waals surface area contributed by atoms with E-state index in [1.54, 1.807) is 50.2 Å². The first-order valence-electron chi connectivity index (χ1n) is 36.2. The number of nitrogens with one attached hydrogen (secondary N) is 6. The van der Waals surface area contributed by atoms with Gasteiger partial charge in [0.25, 0.3) is 33.5 Å². The molecule has 7 heterocycles. The van der Waals surface area contributed by atoms with Crippen molar-refractivity contribution in [1.82, 2.24) is 15.4 Å². The highest BCUT2D eigenvalue weighted by atomic mass is 32.2.